The summed E-state index contributed by atoms with van der Waals surface area (Å²) >= 11 is 0. The third-order valence-electron chi connectivity index (χ3n) is 2.49. The van der Waals surface area contributed by atoms with Gasteiger partial charge in [-0.05, 0) is 18.2 Å². The molecule has 0 saturated heterocycles. The number of hydrogen-bond donors (Lipinski definition) is 0. The highest BCUT2D eigenvalue weighted by Crippen LogP contribution is 2.28. The molecular formula is C13H14N2O4. The zero-order valence-corrected chi connectivity index (χ0v) is 10.8. The van der Waals surface area contributed by atoms with Crippen molar-refractivity contribution >= 4 is 6.29 Å². The summed E-state index contributed by atoms with van der Waals surface area (Å²) in [6, 6.07) is 4.92. The Labute approximate surface area is 110 Å². The van der Waals surface area contributed by atoms with Crippen LogP contribution >= 0.6 is 0 Å². The van der Waals surface area contributed by atoms with Crippen LogP contribution in [0, 0.1) is 0 Å². The minimum absolute atomic E-state index is 0.131. The van der Waals surface area contributed by atoms with Gasteiger partial charge in [-0.2, -0.15) is 0 Å². The molecule has 0 spiro atoms. The van der Waals surface area contributed by atoms with Gasteiger partial charge < -0.3 is 13.9 Å². The molecule has 0 N–H and O–H groups in total. The molecule has 1 heterocycles. The molecule has 6 nitrogen and oxygen atoms in total. The number of hydrogen-bond acceptors (Lipinski definition) is 6. The van der Waals surface area contributed by atoms with Crippen molar-refractivity contribution in [2.75, 3.05) is 7.11 Å². The molecule has 0 bridgehead atoms. The van der Waals surface area contributed by atoms with Crippen LogP contribution in [-0.4, -0.2) is 23.6 Å². The number of benzene rings is 1. The molecule has 6 heteroatoms. The Morgan fingerprint density at radius 1 is 1.26 bits per heavy atom. The number of aryl methyl sites for hydroxylation is 1. The summed E-state index contributed by atoms with van der Waals surface area (Å²) in [7, 11) is 1.53. The molecule has 1 aromatic heterocycles. The van der Waals surface area contributed by atoms with Gasteiger partial charge in [-0.3, -0.25) is 4.79 Å². The maximum absolute atomic E-state index is 10.7. The van der Waals surface area contributed by atoms with Gasteiger partial charge in [0, 0.05) is 12.0 Å². The number of carbonyl (C=O) groups is 1. The van der Waals surface area contributed by atoms with Gasteiger partial charge in [0.1, 0.15) is 6.29 Å². The molecular weight excluding hydrogens is 248 g/mol. The predicted octanol–water partition coefficient (Wildman–Crippen LogP) is 2.03. The Morgan fingerprint density at radius 2 is 2.05 bits per heavy atom. The van der Waals surface area contributed by atoms with E-state index in [1.54, 1.807) is 18.2 Å². The third-order valence-corrected chi connectivity index (χ3v) is 2.49. The highest BCUT2D eigenvalue weighted by atomic mass is 16.5. The first-order valence-electron chi connectivity index (χ1n) is 5.84. The van der Waals surface area contributed by atoms with Gasteiger partial charge in [0.2, 0.25) is 5.89 Å². The van der Waals surface area contributed by atoms with Gasteiger partial charge >= 0.3 is 0 Å². The average molecular weight is 262 g/mol. The van der Waals surface area contributed by atoms with Gasteiger partial charge in [0.25, 0.3) is 5.89 Å². The van der Waals surface area contributed by atoms with E-state index in [0.29, 0.717) is 35.3 Å². The molecule has 0 unspecified atom stereocenters. The van der Waals surface area contributed by atoms with Crippen LogP contribution in [0.25, 0.3) is 0 Å². The lowest BCUT2D eigenvalue weighted by molar-refractivity contribution is 0.112. The van der Waals surface area contributed by atoms with E-state index in [0.717, 1.165) is 6.29 Å². The summed E-state index contributed by atoms with van der Waals surface area (Å²) < 4.78 is 16.0. The molecule has 0 amide bonds. The topological polar surface area (TPSA) is 74.5 Å². The quantitative estimate of drug-likeness (QED) is 0.741. The van der Waals surface area contributed by atoms with Crippen molar-refractivity contribution in [1.82, 2.24) is 10.2 Å². The fourth-order valence-corrected chi connectivity index (χ4v) is 1.51. The van der Waals surface area contributed by atoms with Gasteiger partial charge in [-0.15, -0.1) is 10.2 Å². The molecule has 0 radical (unpaired) electrons. The van der Waals surface area contributed by atoms with E-state index in [4.69, 9.17) is 13.9 Å². The van der Waals surface area contributed by atoms with Crippen LogP contribution in [0.15, 0.2) is 22.6 Å². The number of aldehydes is 1. The van der Waals surface area contributed by atoms with Crippen LogP contribution in [0.5, 0.6) is 11.5 Å². The van der Waals surface area contributed by atoms with Crippen molar-refractivity contribution in [3.63, 3.8) is 0 Å². The summed E-state index contributed by atoms with van der Waals surface area (Å²) in [5.41, 5.74) is 0.510. The summed E-state index contributed by atoms with van der Waals surface area (Å²) in [4.78, 5) is 10.7. The molecule has 0 atom stereocenters. The normalized spacial score (nSPS) is 10.2. The lowest BCUT2D eigenvalue weighted by Crippen LogP contribution is -1.99. The minimum atomic E-state index is 0.131. The van der Waals surface area contributed by atoms with Crippen LogP contribution in [0.1, 0.15) is 29.1 Å². The molecule has 0 aliphatic heterocycles. The lowest BCUT2D eigenvalue weighted by atomic mass is 10.2. The van der Waals surface area contributed by atoms with E-state index in [-0.39, 0.29) is 6.61 Å². The van der Waals surface area contributed by atoms with Crippen molar-refractivity contribution in [2.24, 2.45) is 0 Å². The van der Waals surface area contributed by atoms with E-state index >= 15 is 0 Å². The molecule has 0 fully saturated rings. The van der Waals surface area contributed by atoms with Crippen molar-refractivity contribution in [2.45, 2.75) is 20.0 Å². The fraction of sp³-hybridized carbons (Fsp3) is 0.308. The Kier molecular flexibility index (Phi) is 4.12. The SMILES string of the molecule is CCc1nnc(COc2cc(C=O)ccc2OC)o1. The molecule has 2 rings (SSSR count). The number of aromatic nitrogens is 2. The third kappa shape index (κ3) is 3.09. The van der Waals surface area contributed by atoms with Crippen LogP contribution in [-0.2, 0) is 13.0 Å². The van der Waals surface area contributed by atoms with Crippen molar-refractivity contribution in [1.29, 1.82) is 0 Å². The van der Waals surface area contributed by atoms with Crippen molar-refractivity contribution < 1.29 is 18.7 Å². The van der Waals surface area contributed by atoms with Gasteiger partial charge in [0.15, 0.2) is 18.1 Å². The molecule has 0 saturated carbocycles. The lowest BCUT2D eigenvalue weighted by Gasteiger charge is -2.09. The maximum Gasteiger partial charge on any atom is 0.253 e. The van der Waals surface area contributed by atoms with Gasteiger partial charge in [-0.25, -0.2) is 0 Å². The summed E-state index contributed by atoms with van der Waals surface area (Å²) in [5.74, 6) is 1.95. The standard InChI is InChI=1S/C13H14N2O4/c1-3-12-14-15-13(19-12)8-18-11-6-9(7-16)4-5-10(11)17-2/h4-7H,3,8H2,1-2H3. The van der Waals surface area contributed by atoms with Crippen LogP contribution in [0.3, 0.4) is 0 Å². The molecule has 0 aliphatic rings. The number of ether oxygens (including phenoxy) is 2. The first-order valence-corrected chi connectivity index (χ1v) is 5.84. The number of methoxy groups -OCH3 is 1. The first-order chi connectivity index (χ1) is 9.26. The van der Waals surface area contributed by atoms with Crippen LogP contribution in [0.4, 0.5) is 0 Å². The second-order valence-electron chi connectivity index (χ2n) is 3.76. The second kappa shape index (κ2) is 5.99. The highest BCUT2D eigenvalue weighted by molar-refractivity contribution is 5.76. The molecule has 1 aromatic carbocycles. The fourth-order valence-electron chi connectivity index (χ4n) is 1.51. The molecule has 19 heavy (non-hydrogen) atoms. The minimum Gasteiger partial charge on any atom is -0.493 e. The average Bonchev–Trinajstić information content (AvgIpc) is 2.92. The van der Waals surface area contributed by atoms with Crippen molar-refractivity contribution in [3.8, 4) is 11.5 Å². The summed E-state index contributed by atoms with van der Waals surface area (Å²) in [5, 5.41) is 7.69. The Hall–Kier alpha value is -2.37. The monoisotopic (exact) mass is 262 g/mol. The van der Waals surface area contributed by atoms with E-state index in [1.165, 1.54) is 7.11 Å². The number of carbonyl (C=O) groups excluding carboxylic acids is 1. The molecule has 0 aliphatic carbocycles. The smallest absolute Gasteiger partial charge is 0.253 e. The largest absolute Gasteiger partial charge is 0.493 e. The molecule has 2 aromatic rings. The number of rotatable bonds is 6. The van der Waals surface area contributed by atoms with Crippen LogP contribution < -0.4 is 9.47 Å². The van der Waals surface area contributed by atoms with E-state index < -0.39 is 0 Å². The molecule has 100 valence electrons. The van der Waals surface area contributed by atoms with E-state index in [9.17, 15) is 4.79 Å². The van der Waals surface area contributed by atoms with E-state index in [1.807, 2.05) is 6.92 Å². The maximum atomic E-state index is 10.7. The summed E-state index contributed by atoms with van der Waals surface area (Å²) in [6.07, 6.45) is 1.42. The first kappa shape index (κ1) is 13.1. The second-order valence-corrected chi connectivity index (χ2v) is 3.76. The Balaban J connectivity index is 2.11. The highest BCUT2D eigenvalue weighted by Gasteiger charge is 2.09. The van der Waals surface area contributed by atoms with Crippen molar-refractivity contribution in [3.05, 3.63) is 35.5 Å². The predicted molar refractivity (Wildman–Crippen MR) is 66.4 cm³/mol. The van der Waals surface area contributed by atoms with Crippen LogP contribution in [0.2, 0.25) is 0 Å². The van der Waals surface area contributed by atoms with E-state index in [2.05, 4.69) is 10.2 Å². The van der Waals surface area contributed by atoms with Gasteiger partial charge in [0.05, 0.1) is 7.11 Å². The number of nitrogens with zero attached hydrogens (tertiary/aromatic N) is 2. The Bertz CT molecular complexity index is 566. The Morgan fingerprint density at radius 3 is 2.68 bits per heavy atom. The van der Waals surface area contributed by atoms with Gasteiger partial charge in [-0.1, -0.05) is 6.92 Å². The summed E-state index contributed by atoms with van der Waals surface area (Å²) in [6.45, 7) is 2.06. The zero-order chi connectivity index (χ0) is 13.7. The zero-order valence-electron chi connectivity index (χ0n) is 10.8.